The summed E-state index contributed by atoms with van der Waals surface area (Å²) in [5.41, 5.74) is 1.49. The van der Waals surface area contributed by atoms with E-state index >= 15 is 0 Å². The van der Waals surface area contributed by atoms with Crippen molar-refractivity contribution in [1.29, 1.82) is 0 Å². The Morgan fingerprint density at radius 2 is 1.79 bits per heavy atom. The standard InChI is InChI=1S/C14H14BrIN2O/c1-14(2,3)11-10(16)13(19)18-12(17-11)8-4-6-9(15)7-5-8/h4-7H,1-3H3,(H,17,18,19). The fourth-order valence-electron chi connectivity index (χ4n) is 1.70. The fourth-order valence-corrected chi connectivity index (χ4v) is 3.03. The third kappa shape index (κ3) is 3.25. The molecular weight excluding hydrogens is 419 g/mol. The molecule has 19 heavy (non-hydrogen) atoms. The first kappa shape index (κ1) is 14.7. The molecule has 3 nitrogen and oxygen atoms in total. The molecule has 0 atom stereocenters. The summed E-state index contributed by atoms with van der Waals surface area (Å²) < 4.78 is 1.66. The van der Waals surface area contributed by atoms with Crippen LogP contribution >= 0.6 is 38.5 Å². The predicted molar refractivity (Wildman–Crippen MR) is 89.4 cm³/mol. The lowest BCUT2D eigenvalue weighted by molar-refractivity contribution is 0.562. The van der Waals surface area contributed by atoms with Crippen molar-refractivity contribution < 1.29 is 0 Å². The van der Waals surface area contributed by atoms with E-state index < -0.39 is 0 Å². The number of hydrogen-bond donors (Lipinski definition) is 1. The summed E-state index contributed by atoms with van der Waals surface area (Å²) in [5, 5.41) is 0. The molecule has 1 N–H and O–H groups in total. The van der Waals surface area contributed by atoms with E-state index in [0.29, 0.717) is 9.39 Å². The molecule has 1 heterocycles. The van der Waals surface area contributed by atoms with Gasteiger partial charge < -0.3 is 4.98 Å². The van der Waals surface area contributed by atoms with Gasteiger partial charge in [-0.15, -0.1) is 0 Å². The van der Waals surface area contributed by atoms with E-state index in [2.05, 4.69) is 69.3 Å². The van der Waals surface area contributed by atoms with Crippen molar-refractivity contribution >= 4 is 38.5 Å². The molecular formula is C14H14BrIN2O. The van der Waals surface area contributed by atoms with Crippen molar-refractivity contribution in [1.82, 2.24) is 9.97 Å². The number of halogens is 2. The van der Waals surface area contributed by atoms with Gasteiger partial charge in [0.05, 0.1) is 5.69 Å². The minimum absolute atomic E-state index is 0.0848. The van der Waals surface area contributed by atoms with E-state index in [1.165, 1.54) is 0 Å². The summed E-state index contributed by atoms with van der Waals surface area (Å²) in [6.45, 7) is 6.17. The van der Waals surface area contributed by atoms with Gasteiger partial charge >= 0.3 is 0 Å². The number of hydrogen-bond acceptors (Lipinski definition) is 2. The number of benzene rings is 1. The fraction of sp³-hybridized carbons (Fsp3) is 0.286. The SMILES string of the molecule is CC(C)(C)c1nc(-c2ccc(Br)cc2)[nH]c(=O)c1I. The van der Waals surface area contributed by atoms with Gasteiger partial charge in [-0.2, -0.15) is 0 Å². The third-order valence-electron chi connectivity index (χ3n) is 2.69. The normalized spacial score (nSPS) is 11.6. The molecule has 0 spiro atoms. The zero-order valence-corrected chi connectivity index (χ0v) is 14.7. The maximum Gasteiger partial charge on any atom is 0.264 e. The molecule has 2 rings (SSSR count). The van der Waals surface area contributed by atoms with Gasteiger partial charge in [0.2, 0.25) is 0 Å². The van der Waals surface area contributed by atoms with Gasteiger partial charge in [-0.25, -0.2) is 4.98 Å². The minimum Gasteiger partial charge on any atom is -0.306 e. The second-order valence-corrected chi connectivity index (χ2v) is 7.33. The Morgan fingerprint density at radius 1 is 1.21 bits per heavy atom. The second kappa shape index (κ2) is 5.36. The average molecular weight is 433 g/mol. The average Bonchev–Trinajstić information content (AvgIpc) is 2.32. The van der Waals surface area contributed by atoms with Crippen LogP contribution in [-0.4, -0.2) is 9.97 Å². The lowest BCUT2D eigenvalue weighted by atomic mass is 9.92. The maximum absolute atomic E-state index is 12.0. The summed E-state index contributed by atoms with van der Waals surface area (Å²) in [7, 11) is 0. The Balaban J connectivity index is 2.63. The highest BCUT2D eigenvalue weighted by Gasteiger charge is 2.22. The summed E-state index contributed by atoms with van der Waals surface area (Å²) in [4.78, 5) is 19.5. The van der Waals surface area contributed by atoms with Gasteiger partial charge in [0.15, 0.2) is 0 Å². The lowest BCUT2D eigenvalue weighted by Crippen LogP contribution is -2.24. The molecule has 1 aromatic carbocycles. The van der Waals surface area contributed by atoms with Gasteiger partial charge in [0.25, 0.3) is 5.56 Å². The van der Waals surface area contributed by atoms with Crippen molar-refractivity contribution in [2.45, 2.75) is 26.2 Å². The number of nitrogens with zero attached hydrogens (tertiary/aromatic N) is 1. The summed E-state index contributed by atoms with van der Waals surface area (Å²) >= 11 is 5.45. The summed E-state index contributed by atoms with van der Waals surface area (Å²) in [6.07, 6.45) is 0. The van der Waals surface area contributed by atoms with Gasteiger partial charge in [-0.3, -0.25) is 4.79 Å². The Bertz CT molecular complexity index is 657. The van der Waals surface area contributed by atoms with Crippen LogP contribution in [0.5, 0.6) is 0 Å². The monoisotopic (exact) mass is 432 g/mol. The Labute approximate surface area is 134 Å². The van der Waals surface area contributed by atoms with Crippen molar-refractivity contribution in [2.24, 2.45) is 0 Å². The molecule has 0 bridgehead atoms. The van der Waals surface area contributed by atoms with Gasteiger partial charge in [-0.05, 0) is 34.7 Å². The zero-order valence-electron chi connectivity index (χ0n) is 10.9. The van der Waals surface area contributed by atoms with Crippen molar-refractivity contribution in [3.05, 3.63) is 48.4 Å². The van der Waals surface area contributed by atoms with Crippen LogP contribution in [0.25, 0.3) is 11.4 Å². The molecule has 5 heteroatoms. The minimum atomic E-state index is -0.158. The zero-order chi connectivity index (χ0) is 14.2. The topological polar surface area (TPSA) is 45.8 Å². The highest BCUT2D eigenvalue weighted by molar-refractivity contribution is 14.1. The number of H-pyrrole nitrogens is 1. The first-order chi connectivity index (χ1) is 8.79. The quantitative estimate of drug-likeness (QED) is 0.689. The second-order valence-electron chi connectivity index (χ2n) is 5.33. The first-order valence-corrected chi connectivity index (χ1v) is 7.72. The van der Waals surface area contributed by atoms with Crippen LogP contribution < -0.4 is 5.56 Å². The van der Waals surface area contributed by atoms with E-state index in [4.69, 9.17) is 0 Å². The van der Waals surface area contributed by atoms with Crippen LogP contribution in [0, 0.1) is 3.57 Å². The van der Waals surface area contributed by atoms with Crippen LogP contribution in [0.3, 0.4) is 0 Å². The Kier molecular flexibility index (Phi) is 4.15. The van der Waals surface area contributed by atoms with Crippen LogP contribution in [0.4, 0.5) is 0 Å². The third-order valence-corrected chi connectivity index (χ3v) is 4.22. The molecule has 0 unspecified atom stereocenters. The number of aromatic amines is 1. The van der Waals surface area contributed by atoms with Crippen molar-refractivity contribution in [3.8, 4) is 11.4 Å². The highest BCUT2D eigenvalue weighted by atomic mass is 127. The van der Waals surface area contributed by atoms with E-state index in [9.17, 15) is 4.79 Å². The van der Waals surface area contributed by atoms with E-state index in [1.54, 1.807) is 0 Å². The summed E-state index contributed by atoms with van der Waals surface area (Å²) in [6, 6.07) is 7.73. The molecule has 1 aromatic heterocycles. The molecule has 2 aromatic rings. The molecule has 0 aliphatic carbocycles. The largest absolute Gasteiger partial charge is 0.306 e. The number of aromatic nitrogens is 2. The first-order valence-electron chi connectivity index (χ1n) is 5.85. The van der Waals surface area contributed by atoms with Crippen LogP contribution in [0.1, 0.15) is 26.5 Å². The van der Waals surface area contributed by atoms with E-state index in [0.717, 1.165) is 15.7 Å². The number of nitrogens with one attached hydrogen (secondary N) is 1. The molecule has 0 fully saturated rings. The van der Waals surface area contributed by atoms with Crippen molar-refractivity contribution in [2.75, 3.05) is 0 Å². The molecule has 0 radical (unpaired) electrons. The van der Waals surface area contributed by atoms with Crippen molar-refractivity contribution in [3.63, 3.8) is 0 Å². The maximum atomic E-state index is 12.0. The Morgan fingerprint density at radius 3 is 2.32 bits per heavy atom. The molecule has 0 saturated carbocycles. The summed E-state index contributed by atoms with van der Waals surface area (Å²) in [5.74, 6) is 0.614. The van der Waals surface area contributed by atoms with E-state index in [-0.39, 0.29) is 11.0 Å². The van der Waals surface area contributed by atoms with E-state index in [1.807, 2.05) is 24.3 Å². The molecule has 100 valence electrons. The predicted octanol–water partition coefficient (Wildman–Crippen LogP) is 4.10. The van der Waals surface area contributed by atoms with Crippen LogP contribution in [-0.2, 0) is 5.41 Å². The van der Waals surface area contributed by atoms with Gasteiger partial charge in [-0.1, -0.05) is 48.8 Å². The Hall–Kier alpha value is -0.690. The lowest BCUT2D eigenvalue weighted by Gasteiger charge is -2.19. The van der Waals surface area contributed by atoms with Crippen LogP contribution in [0.2, 0.25) is 0 Å². The number of rotatable bonds is 1. The van der Waals surface area contributed by atoms with Crippen LogP contribution in [0.15, 0.2) is 33.5 Å². The smallest absolute Gasteiger partial charge is 0.264 e. The molecule has 0 aliphatic heterocycles. The molecule has 0 aliphatic rings. The van der Waals surface area contributed by atoms with Gasteiger partial charge in [0.1, 0.15) is 9.39 Å². The van der Waals surface area contributed by atoms with Gasteiger partial charge in [0, 0.05) is 15.5 Å². The molecule has 0 saturated heterocycles. The molecule has 0 amide bonds. The highest BCUT2D eigenvalue weighted by Crippen LogP contribution is 2.25.